The maximum atomic E-state index is 6.18. The second kappa shape index (κ2) is 7.79. The van der Waals surface area contributed by atoms with Gasteiger partial charge in [0, 0.05) is 37.4 Å². The number of nitrogens with zero attached hydrogens (tertiary/aromatic N) is 3. The molecule has 2 aromatic rings. The summed E-state index contributed by atoms with van der Waals surface area (Å²) in [5.74, 6) is 0. The van der Waals surface area contributed by atoms with Crippen molar-refractivity contribution in [2.75, 3.05) is 48.8 Å². The van der Waals surface area contributed by atoms with Crippen LogP contribution >= 0.6 is 23.8 Å². The largest absolute Gasteiger partial charge is 0.367 e. The van der Waals surface area contributed by atoms with Gasteiger partial charge >= 0.3 is 0 Å². The molecule has 1 aromatic carbocycles. The van der Waals surface area contributed by atoms with Gasteiger partial charge in [0.2, 0.25) is 0 Å². The molecule has 0 atom stereocenters. The minimum atomic E-state index is 0.514. The molecule has 2 heterocycles. The van der Waals surface area contributed by atoms with Crippen molar-refractivity contribution in [1.29, 1.82) is 0 Å². The maximum absolute atomic E-state index is 6.18. The fourth-order valence-electron chi connectivity index (χ4n) is 2.65. The Morgan fingerprint density at radius 3 is 2.67 bits per heavy atom. The number of piperazine rings is 1. The molecule has 0 aliphatic carbocycles. The van der Waals surface area contributed by atoms with E-state index in [9.17, 15) is 0 Å². The molecule has 0 amide bonds. The zero-order chi connectivity index (χ0) is 16.9. The van der Waals surface area contributed by atoms with Crippen molar-refractivity contribution in [3.63, 3.8) is 0 Å². The van der Waals surface area contributed by atoms with Crippen LogP contribution in [0, 0.1) is 0 Å². The van der Waals surface area contributed by atoms with E-state index in [1.807, 2.05) is 30.3 Å². The molecule has 24 heavy (non-hydrogen) atoms. The third-order valence-electron chi connectivity index (χ3n) is 3.97. The number of likely N-dealkylation sites (N-methyl/N-ethyl adjacent to an activating group) is 1. The highest BCUT2D eigenvalue weighted by atomic mass is 35.5. The number of anilines is 3. The summed E-state index contributed by atoms with van der Waals surface area (Å²) < 4.78 is 0. The van der Waals surface area contributed by atoms with E-state index in [1.54, 1.807) is 12.4 Å². The Labute approximate surface area is 152 Å². The normalized spacial score (nSPS) is 15.2. The average Bonchev–Trinajstić information content (AvgIpc) is 2.57. The lowest BCUT2D eigenvalue weighted by Gasteiger charge is -2.35. The van der Waals surface area contributed by atoms with Crippen molar-refractivity contribution in [1.82, 2.24) is 9.88 Å². The number of hydrogen-bond acceptors (Lipinski definition) is 4. The lowest BCUT2D eigenvalue weighted by molar-refractivity contribution is 0.313. The quantitative estimate of drug-likeness (QED) is 0.818. The molecule has 1 aliphatic rings. The molecule has 126 valence electrons. The van der Waals surface area contributed by atoms with E-state index in [0.29, 0.717) is 10.1 Å². The monoisotopic (exact) mass is 361 g/mol. The molecule has 1 aromatic heterocycles. The predicted molar refractivity (Wildman–Crippen MR) is 105 cm³/mol. The molecular formula is C17H20ClN5S. The summed E-state index contributed by atoms with van der Waals surface area (Å²) in [6, 6.07) is 9.65. The summed E-state index contributed by atoms with van der Waals surface area (Å²) in [6.07, 6.45) is 3.46. The number of rotatable bonds is 3. The summed E-state index contributed by atoms with van der Waals surface area (Å²) in [4.78, 5) is 8.75. The van der Waals surface area contributed by atoms with Gasteiger partial charge in [-0.3, -0.25) is 4.98 Å². The topological polar surface area (TPSA) is 43.4 Å². The molecule has 1 fully saturated rings. The van der Waals surface area contributed by atoms with Crippen LogP contribution in [0.1, 0.15) is 0 Å². The second-order valence-corrected chi connectivity index (χ2v) is 6.62. The van der Waals surface area contributed by atoms with Gasteiger partial charge in [-0.25, -0.2) is 0 Å². The van der Waals surface area contributed by atoms with E-state index >= 15 is 0 Å². The SMILES string of the molecule is CN1CCN(c2ccc(Cl)cc2NC(=S)Nc2cccnc2)CC1. The first-order chi connectivity index (χ1) is 11.6. The first kappa shape index (κ1) is 17.0. The molecule has 0 bridgehead atoms. The highest BCUT2D eigenvalue weighted by molar-refractivity contribution is 7.80. The van der Waals surface area contributed by atoms with E-state index in [4.69, 9.17) is 23.8 Å². The maximum Gasteiger partial charge on any atom is 0.175 e. The van der Waals surface area contributed by atoms with Crippen LogP contribution in [0.3, 0.4) is 0 Å². The van der Waals surface area contributed by atoms with Gasteiger partial charge in [0.05, 0.1) is 23.3 Å². The number of nitrogens with one attached hydrogen (secondary N) is 2. The number of thiocarbonyl (C=S) groups is 1. The Morgan fingerprint density at radius 2 is 1.96 bits per heavy atom. The fourth-order valence-corrected chi connectivity index (χ4v) is 3.05. The van der Waals surface area contributed by atoms with Crippen molar-refractivity contribution < 1.29 is 0 Å². The smallest absolute Gasteiger partial charge is 0.175 e. The minimum Gasteiger partial charge on any atom is -0.367 e. The minimum absolute atomic E-state index is 0.514. The summed E-state index contributed by atoms with van der Waals surface area (Å²) in [6.45, 7) is 4.05. The van der Waals surface area contributed by atoms with Crippen molar-refractivity contribution in [3.8, 4) is 0 Å². The van der Waals surface area contributed by atoms with Crippen molar-refractivity contribution >= 4 is 46.0 Å². The van der Waals surface area contributed by atoms with Gasteiger partial charge in [-0.1, -0.05) is 11.6 Å². The lowest BCUT2D eigenvalue weighted by atomic mass is 10.2. The first-order valence-corrected chi connectivity index (χ1v) is 8.61. The molecule has 7 heteroatoms. The van der Waals surface area contributed by atoms with E-state index in [2.05, 4.69) is 32.5 Å². The van der Waals surface area contributed by atoms with E-state index in [0.717, 1.165) is 43.2 Å². The Balaban J connectivity index is 1.74. The van der Waals surface area contributed by atoms with Crippen molar-refractivity contribution in [2.45, 2.75) is 0 Å². The summed E-state index contributed by atoms with van der Waals surface area (Å²) in [7, 11) is 2.14. The summed E-state index contributed by atoms with van der Waals surface area (Å²) in [5.41, 5.74) is 2.87. The van der Waals surface area contributed by atoms with Crippen LogP contribution < -0.4 is 15.5 Å². The van der Waals surface area contributed by atoms with Gasteiger partial charge in [0.1, 0.15) is 0 Å². The third kappa shape index (κ3) is 4.35. The van der Waals surface area contributed by atoms with Crippen LogP contribution in [-0.2, 0) is 0 Å². The molecule has 0 spiro atoms. The molecule has 0 radical (unpaired) electrons. The molecule has 2 N–H and O–H groups in total. The highest BCUT2D eigenvalue weighted by Crippen LogP contribution is 2.30. The third-order valence-corrected chi connectivity index (χ3v) is 4.41. The Kier molecular flexibility index (Phi) is 5.50. The van der Waals surface area contributed by atoms with Crippen LogP contribution in [0.15, 0.2) is 42.7 Å². The predicted octanol–water partition coefficient (Wildman–Crippen LogP) is 3.30. The van der Waals surface area contributed by atoms with Crippen LogP contribution in [0.4, 0.5) is 17.1 Å². The van der Waals surface area contributed by atoms with Gasteiger partial charge in [0.15, 0.2) is 5.11 Å². The molecular weight excluding hydrogens is 342 g/mol. The molecule has 5 nitrogen and oxygen atoms in total. The van der Waals surface area contributed by atoms with Gasteiger partial charge in [-0.15, -0.1) is 0 Å². The van der Waals surface area contributed by atoms with Gasteiger partial charge < -0.3 is 20.4 Å². The summed E-state index contributed by atoms with van der Waals surface area (Å²) in [5, 5.41) is 7.59. The average molecular weight is 362 g/mol. The molecule has 3 rings (SSSR count). The second-order valence-electron chi connectivity index (χ2n) is 5.77. The number of benzene rings is 1. The summed E-state index contributed by atoms with van der Waals surface area (Å²) >= 11 is 11.6. The van der Waals surface area contributed by atoms with E-state index < -0.39 is 0 Å². The standard InChI is InChI=1S/C17H20ClN5S/c1-22-7-9-23(10-8-22)16-5-4-13(18)11-15(16)21-17(24)20-14-3-2-6-19-12-14/h2-6,11-12H,7-10H2,1H3,(H2,20,21,24). The number of halogens is 1. The van der Waals surface area contributed by atoms with Crippen LogP contribution in [-0.4, -0.2) is 48.2 Å². The fraction of sp³-hybridized carbons (Fsp3) is 0.294. The first-order valence-electron chi connectivity index (χ1n) is 7.83. The van der Waals surface area contributed by atoms with Gasteiger partial charge in [0.25, 0.3) is 0 Å². The van der Waals surface area contributed by atoms with Gasteiger partial charge in [-0.2, -0.15) is 0 Å². The van der Waals surface area contributed by atoms with E-state index in [-0.39, 0.29) is 0 Å². The highest BCUT2D eigenvalue weighted by Gasteiger charge is 2.17. The van der Waals surface area contributed by atoms with Crippen molar-refractivity contribution in [2.24, 2.45) is 0 Å². The van der Waals surface area contributed by atoms with E-state index in [1.165, 1.54) is 0 Å². The number of pyridine rings is 1. The Hall–Kier alpha value is -1.89. The number of hydrogen-bond donors (Lipinski definition) is 2. The molecule has 1 saturated heterocycles. The zero-order valence-electron chi connectivity index (χ0n) is 13.5. The zero-order valence-corrected chi connectivity index (χ0v) is 15.1. The lowest BCUT2D eigenvalue weighted by Crippen LogP contribution is -2.44. The van der Waals surface area contributed by atoms with Crippen LogP contribution in [0.2, 0.25) is 5.02 Å². The Morgan fingerprint density at radius 1 is 1.17 bits per heavy atom. The van der Waals surface area contributed by atoms with Crippen LogP contribution in [0.25, 0.3) is 0 Å². The molecule has 0 unspecified atom stereocenters. The number of aromatic nitrogens is 1. The molecule has 0 saturated carbocycles. The van der Waals surface area contributed by atoms with Gasteiger partial charge in [-0.05, 0) is 49.6 Å². The molecule has 1 aliphatic heterocycles. The van der Waals surface area contributed by atoms with Crippen molar-refractivity contribution in [3.05, 3.63) is 47.7 Å². The Bertz CT molecular complexity index is 701. The van der Waals surface area contributed by atoms with Crippen LogP contribution in [0.5, 0.6) is 0 Å².